The van der Waals surface area contributed by atoms with Crippen molar-refractivity contribution in [2.75, 3.05) is 0 Å². The Morgan fingerprint density at radius 3 is 1.35 bits per heavy atom. The van der Waals surface area contributed by atoms with Gasteiger partial charge in [-0.3, -0.25) is 4.79 Å². The van der Waals surface area contributed by atoms with Crippen LogP contribution in [0.3, 0.4) is 0 Å². The highest BCUT2D eigenvalue weighted by Crippen LogP contribution is 2.28. The molecule has 138 valence electrons. The molecule has 0 aliphatic rings. The molecule has 23 heavy (non-hydrogen) atoms. The minimum absolute atomic E-state index is 0.172. The minimum Gasteiger partial charge on any atom is -0.299 e. The second-order valence-electron chi connectivity index (χ2n) is 8.42. The highest BCUT2D eigenvalue weighted by atomic mass is 16.1. The summed E-state index contributed by atoms with van der Waals surface area (Å²) in [5.41, 5.74) is -0.172. The van der Waals surface area contributed by atoms with Crippen molar-refractivity contribution in [3.05, 3.63) is 0 Å². The van der Waals surface area contributed by atoms with Crippen molar-refractivity contribution in [3.8, 4) is 0 Å². The first-order valence-corrected chi connectivity index (χ1v) is 10.5. The monoisotopic (exact) mass is 324 g/mol. The first-order valence-electron chi connectivity index (χ1n) is 10.5. The lowest BCUT2D eigenvalue weighted by Gasteiger charge is -2.25. The molecule has 0 amide bonds. The van der Waals surface area contributed by atoms with Gasteiger partial charge in [-0.15, -0.1) is 0 Å². The lowest BCUT2D eigenvalue weighted by Crippen LogP contribution is -2.28. The predicted molar refractivity (Wildman–Crippen MR) is 104 cm³/mol. The highest BCUT2D eigenvalue weighted by Gasteiger charge is 2.28. The molecule has 0 fully saturated rings. The zero-order chi connectivity index (χ0) is 17.6. The van der Waals surface area contributed by atoms with Gasteiger partial charge in [0.2, 0.25) is 0 Å². The summed E-state index contributed by atoms with van der Waals surface area (Å²) in [6.07, 6.45) is 18.1. The van der Waals surface area contributed by atoms with Crippen molar-refractivity contribution in [3.63, 3.8) is 0 Å². The van der Waals surface area contributed by atoms with E-state index in [0.29, 0.717) is 11.7 Å². The summed E-state index contributed by atoms with van der Waals surface area (Å²) in [6.45, 7) is 10.8. The Labute approximate surface area is 147 Å². The molecular weight excluding hydrogens is 280 g/mol. The van der Waals surface area contributed by atoms with E-state index in [1.165, 1.54) is 77.0 Å². The first-order chi connectivity index (χ1) is 10.9. The van der Waals surface area contributed by atoms with E-state index in [1.807, 2.05) is 0 Å². The average Bonchev–Trinajstić information content (AvgIpc) is 2.50. The smallest absolute Gasteiger partial charge is 0.141 e. The van der Waals surface area contributed by atoms with E-state index in [0.717, 1.165) is 12.8 Å². The molecule has 0 atom stereocenters. The quantitative estimate of drug-likeness (QED) is 0.282. The Hall–Kier alpha value is -0.330. The zero-order valence-corrected chi connectivity index (χ0v) is 16.9. The van der Waals surface area contributed by atoms with Crippen molar-refractivity contribution in [1.82, 2.24) is 0 Å². The highest BCUT2D eigenvalue weighted by molar-refractivity contribution is 5.85. The van der Waals surface area contributed by atoms with Gasteiger partial charge in [-0.2, -0.15) is 0 Å². The van der Waals surface area contributed by atoms with Gasteiger partial charge in [0.25, 0.3) is 0 Å². The predicted octanol–water partition coefficient (Wildman–Crippen LogP) is 7.72. The maximum atomic E-state index is 12.7. The van der Waals surface area contributed by atoms with Crippen LogP contribution in [0, 0.1) is 11.3 Å². The van der Waals surface area contributed by atoms with E-state index in [2.05, 4.69) is 34.6 Å². The van der Waals surface area contributed by atoms with Gasteiger partial charge in [0.05, 0.1) is 0 Å². The largest absolute Gasteiger partial charge is 0.299 e. The van der Waals surface area contributed by atoms with Gasteiger partial charge in [-0.05, 0) is 12.8 Å². The van der Waals surface area contributed by atoms with E-state index in [9.17, 15) is 4.79 Å². The lowest BCUT2D eigenvalue weighted by atomic mass is 9.78. The van der Waals surface area contributed by atoms with E-state index in [1.54, 1.807) is 0 Å². The first kappa shape index (κ1) is 22.7. The van der Waals surface area contributed by atoms with Crippen molar-refractivity contribution in [2.24, 2.45) is 11.3 Å². The van der Waals surface area contributed by atoms with Gasteiger partial charge >= 0.3 is 0 Å². The van der Waals surface area contributed by atoms with Gasteiger partial charge in [0, 0.05) is 11.3 Å². The molecule has 0 saturated carbocycles. The molecule has 0 spiro atoms. The standard InChI is InChI=1S/C22H44O/c1-6-8-10-12-14-16-18-20(21(23)22(3,4)5)19-17-15-13-11-9-7-2/h20H,6-19H2,1-5H3. The third kappa shape index (κ3) is 12.7. The molecule has 1 heteroatoms. The maximum absolute atomic E-state index is 12.7. The molecule has 0 heterocycles. The number of carbonyl (C=O) groups excluding carboxylic acids is 1. The second kappa shape index (κ2) is 14.1. The SMILES string of the molecule is CCCCCCCCC(CCCCCCCC)C(=O)C(C)(C)C. The molecule has 0 aromatic heterocycles. The number of Topliss-reactive ketones (excluding diaryl/α,β-unsaturated/α-hetero) is 1. The minimum atomic E-state index is -0.172. The Morgan fingerprint density at radius 2 is 1.00 bits per heavy atom. The molecule has 0 unspecified atom stereocenters. The number of rotatable bonds is 15. The van der Waals surface area contributed by atoms with Crippen molar-refractivity contribution < 1.29 is 4.79 Å². The van der Waals surface area contributed by atoms with E-state index >= 15 is 0 Å². The average molecular weight is 325 g/mol. The second-order valence-corrected chi connectivity index (χ2v) is 8.42. The molecule has 0 N–H and O–H groups in total. The van der Waals surface area contributed by atoms with Gasteiger partial charge in [-0.1, -0.05) is 112 Å². The Balaban J connectivity index is 4.07. The molecule has 1 nitrogen and oxygen atoms in total. The molecule has 0 aliphatic heterocycles. The van der Waals surface area contributed by atoms with Crippen LogP contribution in [0.1, 0.15) is 125 Å². The molecule has 0 radical (unpaired) electrons. The van der Waals surface area contributed by atoms with Gasteiger partial charge in [0.15, 0.2) is 0 Å². The zero-order valence-electron chi connectivity index (χ0n) is 16.9. The summed E-state index contributed by atoms with van der Waals surface area (Å²) in [6, 6.07) is 0. The van der Waals surface area contributed by atoms with Crippen LogP contribution < -0.4 is 0 Å². The lowest BCUT2D eigenvalue weighted by molar-refractivity contribution is -0.131. The summed E-state index contributed by atoms with van der Waals surface area (Å²) in [5, 5.41) is 0. The van der Waals surface area contributed by atoms with Crippen molar-refractivity contribution >= 4 is 5.78 Å². The number of ketones is 1. The molecular formula is C22H44O. The van der Waals surface area contributed by atoms with Gasteiger partial charge in [0.1, 0.15) is 5.78 Å². The van der Waals surface area contributed by atoms with Gasteiger partial charge < -0.3 is 0 Å². The fourth-order valence-corrected chi connectivity index (χ4v) is 3.36. The molecule has 0 aromatic carbocycles. The van der Waals surface area contributed by atoms with Crippen LogP contribution in [-0.4, -0.2) is 5.78 Å². The molecule has 0 rings (SSSR count). The molecule has 0 aliphatic carbocycles. The fraction of sp³-hybridized carbons (Fsp3) is 0.955. The third-order valence-corrected chi connectivity index (χ3v) is 4.92. The summed E-state index contributed by atoms with van der Waals surface area (Å²) in [7, 11) is 0. The number of carbonyl (C=O) groups is 1. The normalized spacial score (nSPS) is 12.1. The van der Waals surface area contributed by atoms with E-state index in [4.69, 9.17) is 0 Å². The number of hydrogen-bond donors (Lipinski definition) is 0. The van der Waals surface area contributed by atoms with Crippen LogP contribution in [-0.2, 0) is 4.79 Å². The van der Waals surface area contributed by atoms with Crippen molar-refractivity contribution in [1.29, 1.82) is 0 Å². The Morgan fingerprint density at radius 1 is 0.652 bits per heavy atom. The summed E-state index contributed by atoms with van der Waals surface area (Å²) < 4.78 is 0. The van der Waals surface area contributed by atoms with Crippen LogP contribution in [0.5, 0.6) is 0 Å². The van der Waals surface area contributed by atoms with E-state index in [-0.39, 0.29) is 5.41 Å². The molecule has 0 aromatic rings. The number of unbranched alkanes of at least 4 members (excludes halogenated alkanes) is 10. The van der Waals surface area contributed by atoms with Gasteiger partial charge in [-0.25, -0.2) is 0 Å². The van der Waals surface area contributed by atoms with Crippen molar-refractivity contribution in [2.45, 2.75) is 125 Å². The molecule has 0 bridgehead atoms. The maximum Gasteiger partial charge on any atom is 0.141 e. The van der Waals surface area contributed by atoms with Crippen LogP contribution in [0.15, 0.2) is 0 Å². The van der Waals surface area contributed by atoms with Crippen LogP contribution in [0.4, 0.5) is 0 Å². The summed E-state index contributed by atoms with van der Waals surface area (Å²) in [5.74, 6) is 0.812. The third-order valence-electron chi connectivity index (χ3n) is 4.92. The summed E-state index contributed by atoms with van der Waals surface area (Å²) >= 11 is 0. The van der Waals surface area contributed by atoms with Crippen LogP contribution in [0.2, 0.25) is 0 Å². The van der Waals surface area contributed by atoms with E-state index < -0.39 is 0 Å². The Bertz CT molecular complexity index is 258. The summed E-state index contributed by atoms with van der Waals surface area (Å²) in [4.78, 5) is 12.7. The Kier molecular flexibility index (Phi) is 13.8. The number of hydrogen-bond acceptors (Lipinski definition) is 1. The van der Waals surface area contributed by atoms with Crippen LogP contribution >= 0.6 is 0 Å². The molecule has 0 saturated heterocycles. The fourth-order valence-electron chi connectivity index (χ4n) is 3.36. The topological polar surface area (TPSA) is 17.1 Å². The van der Waals surface area contributed by atoms with Crippen LogP contribution in [0.25, 0.3) is 0 Å².